The van der Waals surface area contributed by atoms with Crippen molar-refractivity contribution in [2.45, 2.75) is 13.3 Å². The van der Waals surface area contributed by atoms with E-state index < -0.39 is 4.92 Å². The summed E-state index contributed by atoms with van der Waals surface area (Å²) in [5, 5.41) is 11.2. The fourth-order valence-corrected chi connectivity index (χ4v) is 2.14. The van der Waals surface area contributed by atoms with Crippen molar-refractivity contribution < 1.29 is 14.5 Å². The molecule has 102 valence electrons. The Morgan fingerprint density at radius 3 is 2.84 bits per heavy atom. The number of carbonyl (C=O) groups excluding carboxylic acids is 1. The Morgan fingerprint density at radius 2 is 2.16 bits per heavy atom. The first kappa shape index (κ1) is 13.5. The molecule has 2 rings (SSSR count). The van der Waals surface area contributed by atoms with Crippen LogP contribution < -0.4 is 4.90 Å². The lowest BCUT2D eigenvalue weighted by Gasteiger charge is -2.21. The van der Waals surface area contributed by atoms with Gasteiger partial charge in [0.25, 0.3) is 5.69 Å². The molecule has 1 aliphatic heterocycles. The number of rotatable bonds is 3. The summed E-state index contributed by atoms with van der Waals surface area (Å²) in [6.07, 6.45) is 0.839. The molecule has 0 unspecified atom stereocenters. The molecule has 6 nitrogen and oxygen atoms in total. The first-order valence-corrected chi connectivity index (χ1v) is 6.21. The predicted molar refractivity (Wildman–Crippen MR) is 70.7 cm³/mol. The van der Waals surface area contributed by atoms with Crippen LogP contribution in [0.2, 0.25) is 0 Å². The lowest BCUT2D eigenvalue weighted by molar-refractivity contribution is -0.384. The molecule has 6 heteroatoms. The molecule has 0 saturated carbocycles. The highest BCUT2D eigenvalue weighted by Crippen LogP contribution is 2.30. The number of carbonyl (C=O) groups is 1. The third kappa shape index (κ3) is 3.08. The van der Waals surface area contributed by atoms with E-state index in [0.717, 1.165) is 13.0 Å². The summed E-state index contributed by atoms with van der Waals surface area (Å²) in [5.74, 6) is -0.172. The van der Waals surface area contributed by atoms with Crippen molar-refractivity contribution in [3.8, 4) is 0 Å². The van der Waals surface area contributed by atoms with E-state index in [2.05, 4.69) is 0 Å². The summed E-state index contributed by atoms with van der Waals surface area (Å²) in [6.45, 7) is 3.99. The standard InChI is InChI=1S/C13H16N2O4/c1-10(16)11-3-4-12(13(9-11)15(17)18)14-5-2-7-19-8-6-14/h3-4,9H,2,5-8H2,1H3. The first-order valence-electron chi connectivity index (χ1n) is 6.21. The maximum atomic E-state index is 11.3. The second-order valence-electron chi connectivity index (χ2n) is 4.47. The Morgan fingerprint density at radius 1 is 1.37 bits per heavy atom. The molecule has 19 heavy (non-hydrogen) atoms. The second-order valence-corrected chi connectivity index (χ2v) is 4.47. The minimum Gasteiger partial charge on any atom is -0.380 e. The van der Waals surface area contributed by atoms with Crippen molar-refractivity contribution in [1.29, 1.82) is 0 Å². The molecule has 0 aliphatic carbocycles. The van der Waals surface area contributed by atoms with Crippen molar-refractivity contribution in [2.24, 2.45) is 0 Å². The normalized spacial score (nSPS) is 15.9. The summed E-state index contributed by atoms with van der Waals surface area (Å²) in [4.78, 5) is 24.0. The minimum atomic E-state index is -0.437. The van der Waals surface area contributed by atoms with E-state index >= 15 is 0 Å². The first-order chi connectivity index (χ1) is 9.09. The molecule has 0 radical (unpaired) electrons. The number of hydrogen-bond acceptors (Lipinski definition) is 5. The van der Waals surface area contributed by atoms with Gasteiger partial charge < -0.3 is 9.64 Å². The van der Waals surface area contributed by atoms with Crippen LogP contribution >= 0.6 is 0 Å². The van der Waals surface area contributed by atoms with E-state index in [1.165, 1.54) is 13.0 Å². The van der Waals surface area contributed by atoms with Gasteiger partial charge in [-0.3, -0.25) is 14.9 Å². The number of ketones is 1. The van der Waals surface area contributed by atoms with Crippen LogP contribution in [-0.2, 0) is 4.74 Å². The van der Waals surface area contributed by atoms with Gasteiger partial charge in [0, 0.05) is 31.3 Å². The Balaban J connectivity index is 2.37. The van der Waals surface area contributed by atoms with Gasteiger partial charge in [0.1, 0.15) is 5.69 Å². The fourth-order valence-electron chi connectivity index (χ4n) is 2.14. The van der Waals surface area contributed by atoms with Gasteiger partial charge in [0.15, 0.2) is 5.78 Å². The summed E-state index contributed by atoms with van der Waals surface area (Å²) in [7, 11) is 0. The van der Waals surface area contributed by atoms with Crippen molar-refractivity contribution in [1.82, 2.24) is 0 Å². The van der Waals surface area contributed by atoms with Crippen LogP contribution in [0.1, 0.15) is 23.7 Å². The molecule has 0 amide bonds. The van der Waals surface area contributed by atoms with Crippen LogP contribution in [0, 0.1) is 10.1 Å². The van der Waals surface area contributed by atoms with Gasteiger partial charge in [-0.05, 0) is 25.5 Å². The molecule has 1 heterocycles. The zero-order valence-corrected chi connectivity index (χ0v) is 10.8. The van der Waals surface area contributed by atoms with Crippen LogP contribution in [0.15, 0.2) is 18.2 Å². The predicted octanol–water partition coefficient (Wildman–Crippen LogP) is 2.02. The lowest BCUT2D eigenvalue weighted by atomic mass is 10.1. The zero-order valence-electron chi connectivity index (χ0n) is 10.8. The number of hydrogen-bond donors (Lipinski definition) is 0. The molecule has 0 spiro atoms. The molecule has 1 aliphatic rings. The Labute approximate surface area is 111 Å². The average Bonchev–Trinajstić information content (AvgIpc) is 2.66. The smallest absolute Gasteiger partial charge is 0.293 e. The summed E-state index contributed by atoms with van der Waals surface area (Å²) >= 11 is 0. The minimum absolute atomic E-state index is 0.0189. The van der Waals surface area contributed by atoms with E-state index in [-0.39, 0.29) is 11.5 Å². The summed E-state index contributed by atoms with van der Waals surface area (Å²) < 4.78 is 5.34. The van der Waals surface area contributed by atoms with Gasteiger partial charge in [-0.15, -0.1) is 0 Å². The van der Waals surface area contributed by atoms with E-state index in [1.807, 2.05) is 4.90 Å². The number of ether oxygens (including phenoxy) is 1. The van der Waals surface area contributed by atoms with E-state index in [9.17, 15) is 14.9 Å². The number of anilines is 1. The molecule has 0 aromatic heterocycles. The Hall–Kier alpha value is -1.95. The molecule has 1 fully saturated rings. The molecule has 1 saturated heterocycles. The number of Topliss-reactive ketones (excluding diaryl/α,β-unsaturated/α-hetero) is 1. The summed E-state index contributed by atoms with van der Waals surface area (Å²) in [5.41, 5.74) is 0.900. The molecular weight excluding hydrogens is 248 g/mol. The largest absolute Gasteiger partial charge is 0.380 e. The van der Waals surface area contributed by atoms with Crippen molar-refractivity contribution in [3.63, 3.8) is 0 Å². The van der Waals surface area contributed by atoms with E-state index in [0.29, 0.717) is 31.0 Å². The zero-order chi connectivity index (χ0) is 13.8. The summed E-state index contributed by atoms with van der Waals surface area (Å²) in [6, 6.07) is 4.64. The van der Waals surface area contributed by atoms with Crippen LogP contribution in [-0.4, -0.2) is 37.0 Å². The fraction of sp³-hybridized carbons (Fsp3) is 0.462. The van der Waals surface area contributed by atoms with Crippen LogP contribution in [0.5, 0.6) is 0 Å². The van der Waals surface area contributed by atoms with Gasteiger partial charge in [-0.25, -0.2) is 0 Å². The topological polar surface area (TPSA) is 72.7 Å². The van der Waals surface area contributed by atoms with Crippen LogP contribution in [0.25, 0.3) is 0 Å². The van der Waals surface area contributed by atoms with Gasteiger partial charge in [0.2, 0.25) is 0 Å². The highest BCUT2D eigenvalue weighted by atomic mass is 16.6. The quantitative estimate of drug-likeness (QED) is 0.474. The third-order valence-corrected chi connectivity index (χ3v) is 3.14. The van der Waals surface area contributed by atoms with Crippen LogP contribution in [0.3, 0.4) is 0 Å². The number of nitrogens with zero attached hydrogens (tertiary/aromatic N) is 2. The third-order valence-electron chi connectivity index (χ3n) is 3.14. The van der Waals surface area contributed by atoms with Gasteiger partial charge >= 0.3 is 0 Å². The highest BCUT2D eigenvalue weighted by Gasteiger charge is 2.21. The molecule has 0 N–H and O–H groups in total. The van der Waals surface area contributed by atoms with Crippen LogP contribution in [0.4, 0.5) is 11.4 Å². The van der Waals surface area contributed by atoms with Gasteiger partial charge in [-0.1, -0.05) is 0 Å². The van der Waals surface area contributed by atoms with Crippen molar-refractivity contribution in [2.75, 3.05) is 31.2 Å². The number of nitro benzene ring substituents is 1. The van der Waals surface area contributed by atoms with Gasteiger partial charge in [0.05, 0.1) is 11.5 Å². The molecule has 0 atom stereocenters. The second kappa shape index (κ2) is 5.79. The van der Waals surface area contributed by atoms with E-state index in [4.69, 9.17) is 4.74 Å². The molecule has 1 aromatic rings. The van der Waals surface area contributed by atoms with Crippen molar-refractivity contribution >= 4 is 17.2 Å². The SMILES string of the molecule is CC(=O)c1ccc(N2CCCOCC2)c([N+](=O)[O-])c1. The Kier molecular flexibility index (Phi) is 4.11. The molecule has 1 aromatic carbocycles. The maximum Gasteiger partial charge on any atom is 0.293 e. The molecule has 0 bridgehead atoms. The monoisotopic (exact) mass is 264 g/mol. The maximum absolute atomic E-state index is 11.3. The number of benzene rings is 1. The van der Waals surface area contributed by atoms with Gasteiger partial charge in [-0.2, -0.15) is 0 Å². The lowest BCUT2D eigenvalue weighted by Crippen LogP contribution is -2.26. The highest BCUT2D eigenvalue weighted by molar-refractivity contribution is 5.95. The Bertz CT molecular complexity index is 493. The van der Waals surface area contributed by atoms with E-state index in [1.54, 1.807) is 12.1 Å². The van der Waals surface area contributed by atoms with Crippen molar-refractivity contribution in [3.05, 3.63) is 33.9 Å². The number of nitro groups is 1. The average molecular weight is 264 g/mol. The molecular formula is C13H16N2O4.